The highest BCUT2D eigenvalue weighted by Gasteiger charge is 2.05. The van der Waals surface area contributed by atoms with Gasteiger partial charge < -0.3 is 10.1 Å². The third-order valence-electron chi connectivity index (χ3n) is 4.31. The fourth-order valence-electron chi connectivity index (χ4n) is 2.57. The number of anilines is 1. The minimum absolute atomic E-state index is 0.257. The molecule has 0 fully saturated rings. The number of nitrogens with one attached hydrogen (secondary N) is 1. The molecule has 0 spiro atoms. The molecule has 0 aliphatic carbocycles. The normalized spacial score (nSPS) is 10.6. The van der Waals surface area contributed by atoms with Gasteiger partial charge >= 0.3 is 0 Å². The molecular weight excluding hydrogens is 349 g/mol. The Morgan fingerprint density at radius 1 is 0.885 bits per heavy atom. The van der Waals surface area contributed by atoms with Crippen LogP contribution in [0.5, 0.6) is 5.75 Å². The summed E-state index contributed by atoms with van der Waals surface area (Å²) in [4.78, 5) is 0. The van der Waals surface area contributed by atoms with E-state index >= 15 is 0 Å². The van der Waals surface area contributed by atoms with Crippen LogP contribution in [-0.2, 0) is 13.2 Å². The van der Waals surface area contributed by atoms with Crippen molar-refractivity contribution in [3.05, 3.63) is 93.8 Å². The third kappa shape index (κ3) is 4.77. The monoisotopic (exact) mass is 369 g/mol. The van der Waals surface area contributed by atoms with Crippen molar-refractivity contribution in [3.63, 3.8) is 0 Å². The molecular formula is C22H21ClFNO. The smallest absolute Gasteiger partial charge is 0.138 e. The van der Waals surface area contributed by atoms with E-state index in [4.69, 9.17) is 16.3 Å². The summed E-state index contributed by atoms with van der Waals surface area (Å²) in [5.41, 5.74) is 5.59. The summed E-state index contributed by atoms with van der Waals surface area (Å²) >= 11 is 6.34. The van der Waals surface area contributed by atoms with Gasteiger partial charge in [0.25, 0.3) is 0 Å². The average molecular weight is 370 g/mol. The molecule has 0 heterocycles. The minimum Gasteiger partial charge on any atom is -0.487 e. The molecule has 4 heteroatoms. The summed E-state index contributed by atoms with van der Waals surface area (Å²) in [7, 11) is 0. The van der Waals surface area contributed by atoms with Crippen LogP contribution in [0.2, 0.25) is 5.02 Å². The first-order valence-corrected chi connectivity index (χ1v) is 8.86. The average Bonchev–Trinajstić information content (AvgIpc) is 2.63. The quantitative estimate of drug-likeness (QED) is 0.551. The zero-order chi connectivity index (χ0) is 18.5. The second-order valence-electron chi connectivity index (χ2n) is 6.33. The van der Waals surface area contributed by atoms with E-state index in [1.54, 1.807) is 12.1 Å². The Morgan fingerprint density at radius 2 is 1.62 bits per heavy atom. The van der Waals surface area contributed by atoms with Crippen LogP contribution in [0.15, 0.2) is 60.7 Å². The first-order chi connectivity index (χ1) is 12.5. The van der Waals surface area contributed by atoms with Crippen molar-refractivity contribution in [2.75, 3.05) is 5.32 Å². The first-order valence-electron chi connectivity index (χ1n) is 8.48. The third-order valence-corrected chi connectivity index (χ3v) is 4.60. The maximum atomic E-state index is 12.9. The predicted octanol–water partition coefficient (Wildman–Crippen LogP) is 6.29. The van der Waals surface area contributed by atoms with Crippen LogP contribution in [0, 0.1) is 19.7 Å². The van der Waals surface area contributed by atoms with E-state index in [9.17, 15) is 4.39 Å². The summed E-state index contributed by atoms with van der Waals surface area (Å²) in [6.45, 7) is 5.23. The van der Waals surface area contributed by atoms with E-state index in [0.717, 1.165) is 16.8 Å². The molecule has 0 unspecified atom stereocenters. The van der Waals surface area contributed by atoms with E-state index < -0.39 is 0 Å². The van der Waals surface area contributed by atoms with Crippen LogP contribution in [0.1, 0.15) is 22.3 Å². The number of benzene rings is 3. The number of halogens is 2. The Hall–Kier alpha value is -2.52. The Bertz CT molecular complexity index is 893. The second kappa shape index (κ2) is 8.24. The molecule has 0 bridgehead atoms. The lowest BCUT2D eigenvalue weighted by atomic mass is 10.1. The van der Waals surface area contributed by atoms with E-state index in [1.807, 2.05) is 18.2 Å². The standard InChI is InChI=1S/C22H21ClFNO/c1-15-3-9-20(11-16(15)2)25-13-18-6-10-22(21(23)12-18)26-14-17-4-7-19(24)8-5-17/h3-12,25H,13-14H2,1-2H3. The molecule has 0 aromatic heterocycles. The fraction of sp³-hybridized carbons (Fsp3) is 0.182. The van der Waals surface area contributed by atoms with Gasteiger partial charge in [-0.25, -0.2) is 4.39 Å². The van der Waals surface area contributed by atoms with Gasteiger partial charge in [0.15, 0.2) is 0 Å². The van der Waals surface area contributed by atoms with Crippen molar-refractivity contribution in [2.24, 2.45) is 0 Å². The van der Waals surface area contributed by atoms with Gasteiger partial charge in [0.05, 0.1) is 5.02 Å². The summed E-state index contributed by atoms with van der Waals surface area (Å²) in [5, 5.41) is 3.97. The van der Waals surface area contributed by atoms with Gasteiger partial charge in [-0.2, -0.15) is 0 Å². The molecule has 0 radical (unpaired) electrons. The lowest BCUT2D eigenvalue weighted by molar-refractivity contribution is 0.306. The Morgan fingerprint density at radius 3 is 2.31 bits per heavy atom. The number of hydrogen-bond acceptors (Lipinski definition) is 2. The van der Waals surface area contributed by atoms with Gasteiger partial charge in [0.2, 0.25) is 0 Å². The van der Waals surface area contributed by atoms with Gasteiger partial charge in [0.1, 0.15) is 18.2 Å². The van der Waals surface area contributed by atoms with Crippen LogP contribution < -0.4 is 10.1 Å². The lowest BCUT2D eigenvalue weighted by Crippen LogP contribution is -2.01. The summed E-state index contributed by atoms with van der Waals surface area (Å²) in [6, 6.07) is 18.3. The highest BCUT2D eigenvalue weighted by molar-refractivity contribution is 6.32. The largest absolute Gasteiger partial charge is 0.487 e. The van der Waals surface area contributed by atoms with Crippen molar-refractivity contribution in [1.82, 2.24) is 0 Å². The summed E-state index contributed by atoms with van der Waals surface area (Å²) in [6.07, 6.45) is 0. The van der Waals surface area contributed by atoms with Crippen molar-refractivity contribution >= 4 is 17.3 Å². The zero-order valence-corrected chi connectivity index (χ0v) is 15.6. The lowest BCUT2D eigenvalue weighted by Gasteiger charge is -2.12. The molecule has 3 aromatic rings. The minimum atomic E-state index is -0.257. The molecule has 0 atom stereocenters. The number of ether oxygens (including phenoxy) is 1. The fourth-order valence-corrected chi connectivity index (χ4v) is 2.83. The van der Waals surface area contributed by atoms with E-state index in [1.165, 1.54) is 23.3 Å². The Balaban J connectivity index is 1.59. The molecule has 0 amide bonds. The van der Waals surface area contributed by atoms with Crippen molar-refractivity contribution in [2.45, 2.75) is 27.0 Å². The van der Waals surface area contributed by atoms with Crippen LogP contribution >= 0.6 is 11.6 Å². The van der Waals surface area contributed by atoms with Gasteiger partial charge in [-0.3, -0.25) is 0 Å². The Kier molecular flexibility index (Phi) is 5.79. The zero-order valence-electron chi connectivity index (χ0n) is 14.9. The molecule has 26 heavy (non-hydrogen) atoms. The number of aryl methyl sites for hydroxylation is 2. The van der Waals surface area contributed by atoms with Gasteiger partial charge in [-0.15, -0.1) is 0 Å². The second-order valence-corrected chi connectivity index (χ2v) is 6.74. The molecule has 2 nitrogen and oxygen atoms in total. The topological polar surface area (TPSA) is 21.3 Å². The number of rotatable bonds is 6. The summed E-state index contributed by atoms with van der Waals surface area (Å²) in [5.74, 6) is 0.360. The van der Waals surface area contributed by atoms with Gasteiger partial charge in [-0.1, -0.05) is 35.9 Å². The van der Waals surface area contributed by atoms with Crippen LogP contribution in [0.25, 0.3) is 0 Å². The molecule has 0 aliphatic rings. The highest BCUT2D eigenvalue weighted by Crippen LogP contribution is 2.27. The Labute approximate surface area is 158 Å². The van der Waals surface area contributed by atoms with Crippen molar-refractivity contribution < 1.29 is 9.13 Å². The molecule has 3 rings (SSSR count). The number of hydrogen-bond donors (Lipinski definition) is 1. The molecule has 1 N–H and O–H groups in total. The maximum absolute atomic E-state index is 12.9. The van der Waals surface area contributed by atoms with Gasteiger partial charge in [-0.05, 0) is 72.5 Å². The van der Waals surface area contributed by atoms with E-state index in [2.05, 4.69) is 37.4 Å². The first kappa shape index (κ1) is 18.3. The van der Waals surface area contributed by atoms with E-state index in [-0.39, 0.29) is 5.82 Å². The molecule has 0 aliphatic heterocycles. The van der Waals surface area contributed by atoms with Crippen LogP contribution in [-0.4, -0.2) is 0 Å². The molecule has 3 aromatic carbocycles. The van der Waals surface area contributed by atoms with E-state index in [0.29, 0.717) is 23.9 Å². The SMILES string of the molecule is Cc1ccc(NCc2ccc(OCc3ccc(F)cc3)c(Cl)c2)cc1C. The van der Waals surface area contributed by atoms with Crippen LogP contribution in [0.4, 0.5) is 10.1 Å². The van der Waals surface area contributed by atoms with Crippen molar-refractivity contribution in [1.29, 1.82) is 0 Å². The molecule has 0 saturated carbocycles. The maximum Gasteiger partial charge on any atom is 0.138 e. The van der Waals surface area contributed by atoms with Crippen LogP contribution in [0.3, 0.4) is 0 Å². The molecule has 134 valence electrons. The predicted molar refractivity (Wildman–Crippen MR) is 105 cm³/mol. The van der Waals surface area contributed by atoms with Crippen molar-refractivity contribution in [3.8, 4) is 5.75 Å². The molecule has 0 saturated heterocycles. The highest BCUT2D eigenvalue weighted by atomic mass is 35.5. The summed E-state index contributed by atoms with van der Waals surface area (Å²) < 4.78 is 18.7. The van der Waals surface area contributed by atoms with Gasteiger partial charge in [0, 0.05) is 12.2 Å².